The molecule has 0 saturated heterocycles. The van der Waals surface area contributed by atoms with Crippen molar-refractivity contribution in [2.45, 2.75) is 6.42 Å². The molecule has 1 aromatic carbocycles. The fourth-order valence-corrected chi connectivity index (χ4v) is 1.57. The first-order valence-corrected chi connectivity index (χ1v) is 5.42. The van der Waals surface area contributed by atoms with E-state index in [0.29, 0.717) is 16.2 Å². The molecule has 0 spiro atoms. The first kappa shape index (κ1) is 9.92. The highest BCUT2D eigenvalue weighted by Gasteiger charge is 2.03. The molecule has 2 aromatic rings. The van der Waals surface area contributed by atoms with E-state index in [0.717, 1.165) is 10.6 Å². The quantitative estimate of drug-likeness (QED) is 0.799. The number of aromatic nitrogens is 2. The lowest BCUT2D eigenvalue weighted by Crippen LogP contribution is -1.87. The van der Waals surface area contributed by atoms with Crippen molar-refractivity contribution >= 4 is 34.2 Å². The highest BCUT2D eigenvalue weighted by Crippen LogP contribution is 2.13. The lowest BCUT2D eigenvalue weighted by molar-refractivity contribution is 0.479. The van der Waals surface area contributed by atoms with E-state index < -0.39 is 0 Å². The molecule has 1 heterocycles. The summed E-state index contributed by atoms with van der Waals surface area (Å²) in [5.74, 6) is 0.622. The molecular formula is C9H6ClIN2O. The van der Waals surface area contributed by atoms with Crippen molar-refractivity contribution in [2.75, 3.05) is 0 Å². The summed E-state index contributed by atoms with van der Waals surface area (Å²) in [6, 6.07) is 7.58. The third-order valence-electron chi connectivity index (χ3n) is 1.71. The number of hydrogen-bond acceptors (Lipinski definition) is 3. The molecular weight excluding hydrogens is 314 g/mol. The standard InChI is InChI=1S/C9H6ClIN2O/c10-7-3-1-6(2-4-7)5-8-12-13-9(11)14-8/h1-4H,5H2. The first-order chi connectivity index (χ1) is 6.74. The summed E-state index contributed by atoms with van der Waals surface area (Å²) in [4.78, 5) is 0. The fraction of sp³-hybridized carbons (Fsp3) is 0.111. The third kappa shape index (κ3) is 2.45. The second-order valence-corrected chi connectivity index (χ2v) is 4.11. The minimum absolute atomic E-state index is 0.562. The van der Waals surface area contributed by atoms with Gasteiger partial charge in [0.2, 0.25) is 5.89 Å². The first-order valence-electron chi connectivity index (χ1n) is 3.96. The number of rotatable bonds is 2. The van der Waals surface area contributed by atoms with Crippen LogP contribution in [0, 0.1) is 3.90 Å². The monoisotopic (exact) mass is 320 g/mol. The SMILES string of the molecule is Clc1ccc(Cc2nnc(I)o2)cc1. The molecule has 0 bridgehead atoms. The molecule has 0 N–H and O–H groups in total. The minimum atomic E-state index is 0.562. The topological polar surface area (TPSA) is 38.9 Å². The Balaban J connectivity index is 2.15. The van der Waals surface area contributed by atoms with E-state index >= 15 is 0 Å². The maximum Gasteiger partial charge on any atom is 0.278 e. The number of benzene rings is 1. The van der Waals surface area contributed by atoms with Crippen LogP contribution in [0.25, 0.3) is 0 Å². The average molecular weight is 321 g/mol. The molecule has 0 aliphatic rings. The molecule has 2 rings (SSSR count). The van der Waals surface area contributed by atoms with E-state index in [1.807, 2.05) is 46.9 Å². The molecule has 14 heavy (non-hydrogen) atoms. The number of halogens is 2. The van der Waals surface area contributed by atoms with Crippen LogP contribution in [0.4, 0.5) is 0 Å². The van der Waals surface area contributed by atoms with Gasteiger partial charge in [0.05, 0.1) is 6.42 Å². The van der Waals surface area contributed by atoms with E-state index in [1.165, 1.54) is 0 Å². The van der Waals surface area contributed by atoms with Crippen LogP contribution < -0.4 is 0 Å². The molecule has 3 nitrogen and oxygen atoms in total. The van der Waals surface area contributed by atoms with E-state index in [1.54, 1.807) is 0 Å². The Labute approximate surface area is 99.6 Å². The molecule has 0 amide bonds. The van der Waals surface area contributed by atoms with E-state index in [9.17, 15) is 0 Å². The maximum atomic E-state index is 5.77. The van der Waals surface area contributed by atoms with Gasteiger partial charge in [-0.15, -0.1) is 10.2 Å². The van der Waals surface area contributed by atoms with Gasteiger partial charge in [-0.25, -0.2) is 0 Å². The maximum absolute atomic E-state index is 5.77. The van der Waals surface area contributed by atoms with Crippen molar-refractivity contribution in [3.63, 3.8) is 0 Å². The van der Waals surface area contributed by atoms with Crippen LogP contribution in [0.3, 0.4) is 0 Å². The predicted molar refractivity (Wildman–Crippen MR) is 61.3 cm³/mol. The van der Waals surface area contributed by atoms with Gasteiger partial charge in [-0.05, 0) is 17.7 Å². The van der Waals surface area contributed by atoms with Crippen LogP contribution in [0.5, 0.6) is 0 Å². The summed E-state index contributed by atoms with van der Waals surface area (Å²) < 4.78 is 5.81. The zero-order valence-electron chi connectivity index (χ0n) is 7.08. The van der Waals surface area contributed by atoms with Gasteiger partial charge in [0, 0.05) is 27.6 Å². The molecule has 0 aliphatic heterocycles. The Morgan fingerprint density at radius 3 is 2.50 bits per heavy atom. The lowest BCUT2D eigenvalue weighted by atomic mass is 10.1. The van der Waals surface area contributed by atoms with Gasteiger partial charge < -0.3 is 4.42 Å². The van der Waals surface area contributed by atoms with Crippen LogP contribution in [-0.4, -0.2) is 10.2 Å². The zero-order chi connectivity index (χ0) is 9.97. The van der Waals surface area contributed by atoms with Crippen molar-refractivity contribution < 1.29 is 4.42 Å². The molecule has 0 atom stereocenters. The Morgan fingerprint density at radius 2 is 1.93 bits per heavy atom. The molecule has 0 fully saturated rings. The molecule has 1 aromatic heterocycles. The number of hydrogen-bond donors (Lipinski definition) is 0. The summed E-state index contributed by atoms with van der Waals surface area (Å²) >= 11 is 7.75. The highest BCUT2D eigenvalue weighted by atomic mass is 127. The minimum Gasteiger partial charge on any atom is -0.416 e. The summed E-state index contributed by atoms with van der Waals surface area (Å²) in [5.41, 5.74) is 1.11. The lowest BCUT2D eigenvalue weighted by Gasteiger charge is -1.96. The van der Waals surface area contributed by atoms with Crippen molar-refractivity contribution in [1.82, 2.24) is 10.2 Å². The van der Waals surface area contributed by atoms with Crippen molar-refractivity contribution in [3.8, 4) is 0 Å². The van der Waals surface area contributed by atoms with E-state index in [4.69, 9.17) is 16.0 Å². The summed E-state index contributed by atoms with van der Waals surface area (Å²) in [7, 11) is 0. The largest absolute Gasteiger partial charge is 0.416 e. The Kier molecular flexibility index (Phi) is 3.02. The molecule has 0 saturated carbocycles. The van der Waals surface area contributed by atoms with Gasteiger partial charge in [0.15, 0.2) is 0 Å². The van der Waals surface area contributed by atoms with Crippen LogP contribution >= 0.6 is 34.2 Å². The van der Waals surface area contributed by atoms with Gasteiger partial charge >= 0.3 is 0 Å². The molecule has 0 radical (unpaired) electrons. The highest BCUT2D eigenvalue weighted by molar-refractivity contribution is 14.1. The Hall–Kier alpha value is -0.620. The summed E-state index contributed by atoms with van der Waals surface area (Å²) in [6.45, 7) is 0. The van der Waals surface area contributed by atoms with Crippen molar-refractivity contribution in [2.24, 2.45) is 0 Å². The molecule has 72 valence electrons. The molecule has 0 aliphatic carbocycles. The van der Waals surface area contributed by atoms with Gasteiger partial charge in [0.1, 0.15) is 0 Å². The van der Waals surface area contributed by atoms with Crippen LogP contribution in [0.1, 0.15) is 11.5 Å². The van der Waals surface area contributed by atoms with Gasteiger partial charge in [-0.3, -0.25) is 0 Å². The zero-order valence-corrected chi connectivity index (χ0v) is 9.99. The third-order valence-corrected chi connectivity index (χ3v) is 2.40. The number of nitrogens with zero attached hydrogens (tertiary/aromatic N) is 2. The summed E-state index contributed by atoms with van der Waals surface area (Å²) in [6.07, 6.45) is 0.646. The van der Waals surface area contributed by atoms with Gasteiger partial charge in [-0.1, -0.05) is 23.7 Å². The fourth-order valence-electron chi connectivity index (χ4n) is 1.08. The van der Waals surface area contributed by atoms with Gasteiger partial charge in [-0.2, -0.15) is 0 Å². The summed E-state index contributed by atoms with van der Waals surface area (Å²) in [5, 5.41) is 8.38. The Bertz CT molecular complexity index is 427. The Morgan fingerprint density at radius 1 is 1.21 bits per heavy atom. The molecule has 0 unspecified atom stereocenters. The second-order valence-electron chi connectivity index (χ2n) is 2.75. The normalized spacial score (nSPS) is 10.4. The van der Waals surface area contributed by atoms with Crippen LogP contribution in [0.15, 0.2) is 28.7 Å². The van der Waals surface area contributed by atoms with Gasteiger partial charge in [0.25, 0.3) is 3.90 Å². The van der Waals surface area contributed by atoms with Crippen LogP contribution in [-0.2, 0) is 6.42 Å². The average Bonchev–Trinajstić information content (AvgIpc) is 2.56. The van der Waals surface area contributed by atoms with E-state index in [-0.39, 0.29) is 0 Å². The van der Waals surface area contributed by atoms with E-state index in [2.05, 4.69) is 10.2 Å². The van der Waals surface area contributed by atoms with Crippen LogP contribution in [0.2, 0.25) is 5.02 Å². The predicted octanol–water partition coefficient (Wildman–Crippen LogP) is 2.92. The second kappa shape index (κ2) is 4.27. The molecule has 5 heteroatoms. The van der Waals surface area contributed by atoms with Crippen molar-refractivity contribution in [3.05, 3.63) is 44.6 Å². The smallest absolute Gasteiger partial charge is 0.278 e. The van der Waals surface area contributed by atoms with Crippen molar-refractivity contribution in [1.29, 1.82) is 0 Å².